The van der Waals surface area contributed by atoms with Crippen LogP contribution in [0, 0.1) is 5.82 Å². The van der Waals surface area contributed by atoms with Crippen LogP contribution in [0.1, 0.15) is 23.6 Å². The molecule has 1 saturated heterocycles. The smallest absolute Gasteiger partial charge is 0.335 e. The SMILES string of the molecule is CCOc1cc(/C=C2\C(=O)NC(=O)N(c3ccc(OCc4ccccc4)cc3)C2=O)ccc1OCc1ccccc1F. The Balaban J connectivity index is 1.33. The van der Waals surface area contributed by atoms with Crippen molar-refractivity contribution in [1.82, 2.24) is 5.32 Å². The average Bonchev–Trinajstić information content (AvgIpc) is 3.00. The van der Waals surface area contributed by atoms with Crippen molar-refractivity contribution in [3.05, 3.63) is 125 Å². The fourth-order valence-electron chi connectivity index (χ4n) is 4.26. The van der Waals surface area contributed by atoms with Crippen molar-refractivity contribution in [2.24, 2.45) is 0 Å². The lowest BCUT2D eigenvalue weighted by Crippen LogP contribution is -2.54. The third-order valence-corrected chi connectivity index (χ3v) is 6.36. The summed E-state index contributed by atoms with van der Waals surface area (Å²) in [6.45, 7) is 2.47. The minimum atomic E-state index is -0.855. The van der Waals surface area contributed by atoms with Crippen LogP contribution in [0.2, 0.25) is 0 Å². The number of amides is 4. The van der Waals surface area contributed by atoms with Gasteiger partial charge in [0.05, 0.1) is 12.3 Å². The maximum Gasteiger partial charge on any atom is 0.335 e. The molecule has 0 bridgehead atoms. The van der Waals surface area contributed by atoms with Crippen LogP contribution in [-0.2, 0) is 22.8 Å². The van der Waals surface area contributed by atoms with Crippen molar-refractivity contribution in [1.29, 1.82) is 0 Å². The first kappa shape index (κ1) is 28.1. The molecular formula is C33H27FN2O6. The molecule has 42 heavy (non-hydrogen) atoms. The Hall–Kier alpha value is -5.44. The molecular weight excluding hydrogens is 539 g/mol. The molecule has 4 amide bonds. The predicted molar refractivity (Wildman–Crippen MR) is 155 cm³/mol. The van der Waals surface area contributed by atoms with Crippen LogP contribution in [0.4, 0.5) is 14.9 Å². The zero-order valence-corrected chi connectivity index (χ0v) is 22.7. The molecule has 0 atom stereocenters. The molecule has 1 aliphatic rings. The number of carbonyl (C=O) groups excluding carboxylic acids is 3. The zero-order valence-electron chi connectivity index (χ0n) is 22.7. The highest BCUT2D eigenvalue weighted by Crippen LogP contribution is 2.31. The fourth-order valence-corrected chi connectivity index (χ4v) is 4.26. The van der Waals surface area contributed by atoms with E-state index in [2.05, 4.69) is 5.32 Å². The summed E-state index contributed by atoms with van der Waals surface area (Å²) in [6, 6.07) is 26.4. The summed E-state index contributed by atoms with van der Waals surface area (Å²) >= 11 is 0. The highest BCUT2D eigenvalue weighted by atomic mass is 19.1. The standard InChI is InChI=1S/C33H27FN2O6/c1-2-40-30-19-23(12-17-29(30)42-21-24-10-6-7-11-28(24)34)18-27-31(37)35-33(39)36(32(27)38)25-13-15-26(16-14-25)41-20-22-8-4-3-5-9-22/h3-19H,2,20-21H2,1H3,(H,35,37,39)/b27-18+. The Morgan fingerprint density at radius 3 is 2.26 bits per heavy atom. The second kappa shape index (κ2) is 12.8. The number of urea groups is 1. The Kier molecular flexibility index (Phi) is 8.58. The molecule has 4 aromatic carbocycles. The first-order valence-corrected chi connectivity index (χ1v) is 13.2. The third kappa shape index (κ3) is 6.47. The minimum absolute atomic E-state index is 0.0127. The van der Waals surface area contributed by atoms with E-state index in [0.29, 0.717) is 41.6 Å². The number of barbiturate groups is 1. The van der Waals surface area contributed by atoms with Gasteiger partial charge in [-0.05, 0) is 66.6 Å². The number of ether oxygens (including phenoxy) is 3. The van der Waals surface area contributed by atoms with Crippen LogP contribution >= 0.6 is 0 Å². The Bertz CT molecular complexity index is 1640. The van der Waals surface area contributed by atoms with Gasteiger partial charge < -0.3 is 14.2 Å². The number of hydrogen-bond donors (Lipinski definition) is 1. The van der Waals surface area contributed by atoms with E-state index >= 15 is 0 Å². The largest absolute Gasteiger partial charge is 0.490 e. The molecule has 1 heterocycles. The van der Waals surface area contributed by atoms with E-state index in [9.17, 15) is 18.8 Å². The zero-order chi connectivity index (χ0) is 29.5. The van der Waals surface area contributed by atoms with E-state index in [1.807, 2.05) is 30.3 Å². The van der Waals surface area contributed by atoms with Crippen LogP contribution in [0.5, 0.6) is 17.2 Å². The summed E-state index contributed by atoms with van der Waals surface area (Å²) in [5, 5.41) is 2.22. The normalized spacial score (nSPS) is 14.1. The van der Waals surface area contributed by atoms with Crippen molar-refractivity contribution < 1.29 is 33.0 Å². The molecule has 5 rings (SSSR count). The topological polar surface area (TPSA) is 94.2 Å². The monoisotopic (exact) mass is 566 g/mol. The van der Waals surface area contributed by atoms with Gasteiger partial charge in [0, 0.05) is 5.56 Å². The van der Waals surface area contributed by atoms with Gasteiger partial charge in [-0.3, -0.25) is 14.9 Å². The van der Waals surface area contributed by atoms with Gasteiger partial charge in [0.15, 0.2) is 11.5 Å². The number of imide groups is 2. The maximum atomic E-state index is 14.0. The summed E-state index contributed by atoms with van der Waals surface area (Å²) < 4.78 is 31.3. The van der Waals surface area contributed by atoms with E-state index in [0.717, 1.165) is 10.5 Å². The molecule has 8 nitrogen and oxygen atoms in total. The van der Waals surface area contributed by atoms with Crippen molar-refractivity contribution in [2.45, 2.75) is 20.1 Å². The van der Waals surface area contributed by atoms with Crippen LogP contribution in [0.15, 0.2) is 103 Å². The molecule has 4 aromatic rings. The van der Waals surface area contributed by atoms with Gasteiger partial charge in [0.1, 0.15) is 30.4 Å². The minimum Gasteiger partial charge on any atom is -0.490 e. The Morgan fingerprint density at radius 2 is 1.52 bits per heavy atom. The van der Waals surface area contributed by atoms with E-state index < -0.39 is 17.8 Å². The van der Waals surface area contributed by atoms with E-state index in [1.54, 1.807) is 67.6 Å². The van der Waals surface area contributed by atoms with Gasteiger partial charge in [-0.2, -0.15) is 0 Å². The summed E-state index contributed by atoms with van der Waals surface area (Å²) in [4.78, 5) is 39.6. The lowest BCUT2D eigenvalue weighted by Gasteiger charge is -2.26. The lowest BCUT2D eigenvalue weighted by molar-refractivity contribution is -0.122. The number of benzene rings is 4. The molecule has 1 aliphatic heterocycles. The molecule has 0 radical (unpaired) electrons. The molecule has 9 heteroatoms. The van der Waals surface area contributed by atoms with Gasteiger partial charge >= 0.3 is 6.03 Å². The molecule has 212 valence electrons. The number of hydrogen-bond acceptors (Lipinski definition) is 6. The second-order valence-corrected chi connectivity index (χ2v) is 9.25. The molecule has 0 spiro atoms. The third-order valence-electron chi connectivity index (χ3n) is 6.36. The van der Waals surface area contributed by atoms with Crippen molar-refractivity contribution >= 4 is 29.6 Å². The highest BCUT2D eigenvalue weighted by Gasteiger charge is 2.36. The van der Waals surface area contributed by atoms with E-state index in [1.165, 1.54) is 12.1 Å². The number of rotatable bonds is 10. The maximum absolute atomic E-state index is 14.0. The van der Waals surface area contributed by atoms with Crippen molar-refractivity contribution in [2.75, 3.05) is 11.5 Å². The van der Waals surface area contributed by atoms with Crippen LogP contribution < -0.4 is 24.4 Å². The van der Waals surface area contributed by atoms with Gasteiger partial charge in [-0.1, -0.05) is 54.6 Å². The van der Waals surface area contributed by atoms with Crippen LogP contribution in [0.3, 0.4) is 0 Å². The Morgan fingerprint density at radius 1 is 0.786 bits per heavy atom. The molecule has 1 fully saturated rings. The van der Waals surface area contributed by atoms with Crippen molar-refractivity contribution in [3.63, 3.8) is 0 Å². The lowest BCUT2D eigenvalue weighted by atomic mass is 10.1. The fraction of sp³-hybridized carbons (Fsp3) is 0.121. The predicted octanol–water partition coefficient (Wildman–Crippen LogP) is 6.05. The van der Waals surface area contributed by atoms with E-state index in [4.69, 9.17) is 14.2 Å². The van der Waals surface area contributed by atoms with Crippen LogP contribution in [-0.4, -0.2) is 24.5 Å². The van der Waals surface area contributed by atoms with Gasteiger partial charge in [-0.15, -0.1) is 0 Å². The molecule has 0 unspecified atom stereocenters. The van der Waals surface area contributed by atoms with Gasteiger partial charge in [-0.25, -0.2) is 14.1 Å². The molecule has 0 saturated carbocycles. The highest BCUT2D eigenvalue weighted by molar-refractivity contribution is 6.39. The number of anilines is 1. The molecule has 1 N–H and O–H groups in total. The molecule has 0 aromatic heterocycles. The summed E-state index contributed by atoms with van der Waals surface area (Å²) in [7, 11) is 0. The molecule has 0 aliphatic carbocycles. The number of carbonyl (C=O) groups is 3. The second-order valence-electron chi connectivity index (χ2n) is 9.25. The quantitative estimate of drug-likeness (QED) is 0.186. The van der Waals surface area contributed by atoms with Crippen molar-refractivity contribution in [3.8, 4) is 17.2 Å². The van der Waals surface area contributed by atoms with E-state index in [-0.39, 0.29) is 23.7 Å². The first-order chi connectivity index (χ1) is 20.4. The first-order valence-electron chi connectivity index (χ1n) is 13.2. The van der Waals surface area contributed by atoms with Gasteiger partial charge in [0.25, 0.3) is 11.8 Å². The van der Waals surface area contributed by atoms with Gasteiger partial charge in [0.2, 0.25) is 0 Å². The summed E-state index contributed by atoms with van der Waals surface area (Å²) in [5.74, 6) is -0.701. The number of halogens is 1. The Labute approximate surface area is 241 Å². The number of nitrogens with zero attached hydrogens (tertiary/aromatic N) is 1. The number of nitrogens with one attached hydrogen (secondary N) is 1. The van der Waals surface area contributed by atoms with Crippen LogP contribution in [0.25, 0.3) is 6.08 Å². The summed E-state index contributed by atoms with van der Waals surface area (Å²) in [5.41, 5.74) is 1.89. The average molecular weight is 567 g/mol. The summed E-state index contributed by atoms with van der Waals surface area (Å²) in [6.07, 6.45) is 1.37.